The molecule has 8 nitrogen and oxygen atoms in total. The van der Waals surface area contributed by atoms with E-state index in [4.69, 9.17) is 9.97 Å². The molecule has 0 atom stereocenters. The minimum Gasteiger partial charge on any atom is -0.352 e. The van der Waals surface area contributed by atoms with Crippen LogP contribution in [0.15, 0.2) is 91.1 Å². The van der Waals surface area contributed by atoms with Crippen LogP contribution in [0.3, 0.4) is 0 Å². The molecule has 5 aromatic rings. The summed E-state index contributed by atoms with van der Waals surface area (Å²) in [4.78, 5) is 36.7. The molecule has 2 heterocycles. The van der Waals surface area contributed by atoms with Crippen LogP contribution in [-0.2, 0) is 0 Å². The van der Waals surface area contributed by atoms with Gasteiger partial charge in [0.2, 0.25) is 0 Å². The Morgan fingerprint density at radius 2 is 1.68 bits per heavy atom. The molecule has 0 aliphatic carbocycles. The number of aromatic nitrogens is 3. The topological polar surface area (TPSA) is 92.2 Å². The molecule has 0 unspecified atom stereocenters. The predicted molar refractivity (Wildman–Crippen MR) is 159 cm³/mol. The molecule has 2 amide bonds. The van der Waals surface area contributed by atoms with Crippen LogP contribution in [0.5, 0.6) is 0 Å². The van der Waals surface area contributed by atoms with Crippen LogP contribution >= 0.6 is 0 Å². The van der Waals surface area contributed by atoms with E-state index in [2.05, 4.69) is 15.5 Å². The maximum Gasteiger partial charge on any atom is 0.255 e. The zero-order valence-electron chi connectivity index (χ0n) is 22.9. The van der Waals surface area contributed by atoms with E-state index in [1.165, 1.54) is 0 Å². The fourth-order valence-corrected chi connectivity index (χ4v) is 4.59. The smallest absolute Gasteiger partial charge is 0.255 e. The highest BCUT2D eigenvalue weighted by Gasteiger charge is 2.14. The third-order valence-corrected chi connectivity index (χ3v) is 6.62. The van der Waals surface area contributed by atoms with Crippen molar-refractivity contribution in [3.8, 4) is 16.9 Å². The van der Waals surface area contributed by atoms with Crippen molar-refractivity contribution in [3.63, 3.8) is 0 Å². The van der Waals surface area contributed by atoms with E-state index in [1.807, 2.05) is 105 Å². The number of hydrogen-bond donors (Lipinski definition) is 2. The Balaban J connectivity index is 1.32. The number of aryl methyl sites for hydroxylation is 1. The highest BCUT2D eigenvalue weighted by atomic mass is 16.2. The molecule has 0 aliphatic heterocycles. The predicted octanol–water partition coefficient (Wildman–Crippen LogP) is 5.33. The number of carbonyl (C=O) groups is 2. The van der Waals surface area contributed by atoms with Crippen LogP contribution in [-0.4, -0.2) is 58.4 Å². The summed E-state index contributed by atoms with van der Waals surface area (Å²) >= 11 is 0. The normalized spacial score (nSPS) is 11.1. The standard InChI is InChI=1S/C32H32N6O2/c1-22-35-28-20-25(31(39)33-17-8-18-37(2)3)13-15-29(28)38(22)30-16-14-26(21-34-30)24-11-7-12-27(19-24)36-32(40)23-9-5-4-6-10-23/h4-7,9-16,19-21H,8,17-18H2,1-3H3,(H,33,39)(H,36,40). The van der Waals surface area contributed by atoms with Gasteiger partial charge in [-0.25, -0.2) is 9.97 Å². The highest BCUT2D eigenvalue weighted by molar-refractivity contribution is 6.04. The number of nitrogens with zero attached hydrogens (tertiary/aromatic N) is 4. The van der Waals surface area contributed by atoms with Crippen molar-refractivity contribution in [1.82, 2.24) is 24.8 Å². The van der Waals surface area contributed by atoms with Crippen molar-refractivity contribution in [2.75, 3.05) is 32.5 Å². The molecule has 5 rings (SSSR count). The van der Waals surface area contributed by atoms with Crippen LogP contribution in [0.2, 0.25) is 0 Å². The van der Waals surface area contributed by atoms with Gasteiger partial charge in [0, 0.05) is 35.1 Å². The van der Waals surface area contributed by atoms with Crippen molar-refractivity contribution < 1.29 is 9.59 Å². The zero-order valence-corrected chi connectivity index (χ0v) is 22.9. The summed E-state index contributed by atoms with van der Waals surface area (Å²) in [6.45, 7) is 3.47. The van der Waals surface area contributed by atoms with Crippen LogP contribution in [0.1, 0.15) is 33.0 Å². The largest absolute Gasteiger partial charge is 0.352 e. The van der Waals surface area contributed by atoms with E-state index in [0.29, 0.717) is 23.4 Å². The first-order chi connectivity index (χ1) is 19.4. The number of amides is 2. The lowest BCUT2D eigenvalue weighted by Gasteiger charge is -2.10. The monoisotopic (exact) mass is 532 g/mol. The summed E-state index contributed by atoms with van der Waals surface area (Å²) < 4.78 is 1.98. The van der Waals surface area contributed by atoms with E-state index in [9.17, 15) is 9.59 Å². The van der Waals surface area contributed by atoms with Gasteiger partial charge in [-0.15, -0.1) is 0 Å². The number of nitrogens with one attached hydrogen (secondary N) is 2. The number of anilines is 1. The van der Waals surface area contributed by atoms with Gasteiger partial charge in [-0.05, 0) is 94.1 Å². The molecule has 8 heteroatoms. The third-order valence-electron chi connectivity index (χ3n) is 6.62. The fourth-order valence-electron chi connectivity index (χ4n) is 4.59. The van der Waals surface area contributed by atoms with Crippen molar-refractivity contribution in [3.05, 3.63) is 108 Å². The molecular formula is C32H32N6O2. The fraction of sp³-hybridized carbons (Fsp3) is 0.188. The van der Waals surface area contributed by atoms with Crippen molar-refractivity contribution >= 4 is 28.5 Å². The number of rotatable bonds is 9. The maximum absolute atomic E-state index is 12.6. The second-order valence-electron chi connectivity index (χ2n) is 9.92. The van der Waals surface area contributed by atoms with Crippen molar-refractivity contribution in [2.24, 2.45) is 0 Å². The minimum atomic E-state index is -0.154. The number of hydrogen-bond acceptors (Lipinski definition) is 5. The number of carbonyl (C=O) groups excluding carboxylic acids is 2. The first-order valence-electron chi connectivity index (χ1n) is 13.2. The van der Waals surface area contributed by atoms with Gasteiger partial charge >= 0.3 is 0 Å². The summed E-state index contributed by atoms with van der Waals surface area (Å²) in [6.07, 6.45) is 2.71. The molecule has 0 saturated carbocycles. The second-order valence-corrected chi connectivity index (χ2v) is 9.92. The molecular weight excluding hydrogens is 500 g/mol. The molecule has 202 valence electrons. The van der Waals surface area contributed by atoms with Gasteiger partial charge in [0.05, 0.1) is 11.0 Å². The third kappa shape index (κ3) is 6.08. The molecule has 2 N–H and O–H groups in total. The van der Waals surface area contributed by atoms with Crippen LogP contribution in [0.4, 0.5) is 5.69 Å². The average molecular weight is 533 g/mol. The summed E-state index contributed by atoms with van der Waals surface area (Å²) in [5.41, 5.74) is 5.40. The number of benzene rings is 3. The first kappa shape index (κ1) is 26.8. The van der Waals surface area contributed by atoms with E-state index in [1.54, 1.807) is 12.1 Å². The number of fused-ring (bicyclic) bond motifs is 1. The van der Waals surface area contributed by atoms with E-state index < -0.39 is 0 Å². The molecule has 3 aromatic carbocycles. The lowest BCUT2D eigenvalue weighted by Crippen LogP contribution is -2.27. The number of pyridine rings is 1. The zero-order chi connectivity index (χ0) is 28.1. The van der Waals surface area contributed by atoms with Crippen molar-refractivity contribution in [2.45, 2.75) is 13.3 Å². The van der Waals surface area contributed by atoms with Gasteiger partial charge in [0.15, 0.2) is 0 Å². The molecule has 40 heavy (non-hydrogen) atoms. The summed E-state index contributed by atoms with van der Waals surface area (Å²) in [7, 11) is 4.03. The lowest BCUT2D eigenvalue weighted by molar-refractivity contribution is 0.0951. The molecule has 0 aliphatic rings. The van der Waals surface area contributed by atoms with Gasteiger partial charge < -0.3 is 15.5 Å². The van der Waals surface area contributed by atoms with Crippen LogP contribution < -0.4 is 10.6 Å². The van der Waals surface area contributed by atoms with E-state index >= 15 is 0 Å². The van der Waals surface area contributed by atoms with Crippen LogP contribution in [0.25, 0.3) is 28.0 Å². The molecule has 0 fully saturated rings. The van der Waals surface area contributed by atoms with Gasteiger partial charge in [-0.1, -0.05) is 30.3 Å². The first-order valence-corrected chi connectivity index (χ1v) is 13.2. The van der Waals surface area contributed by atoms with Crippen molar-refractivity contribution in [1.29, 1.82) is 0 Å². The summed E-state index contributed by atoms with van der Waals surface area (Å²) in [5, 5.41) is 5.94. The molecule has 0 saturated heterocycles. The van der Waals surface area contributed by atoms with Gasteiger partial charge in [0.1, 0.15) is 11.6 Å². The minimum absolute atomic E-state index is 0.0995. The Bertz CT molecular complexity index is 1640. The SMILES string of the molecule is Cc1nc2cc(C(=O)NCCCN(C)C)ccc2n1-c1ccc(-c2cccc(NC(=O)c3ccccc3)c2)cn1. The van der Waals surface area contributed by atoms with Crippen LogP contribution in [0, 0.1) is 6.92 Å². The van der Waals surface area contributed by atoms with E-state index in [-0.39, 0.29) is 11.8 Å². The molecule has 0 radical (unpaired) electrons. The Hall–Kier alpha value is -4.82. The maximum atomic E-state index is 12.6. The second kappa shape index (κ2) is 11.9. The Morgan fingerprint density at radius 3 is 2.42 bits per heavy atom. The van der Waals surface area contributed by atoms with Gasteiger partial charge in [-0.2, -0.15) is 0 Å². The van der Waals surface area contributed by atoms with E-state index in [0.717, 1.165) is 46.8 Å². The summed E-state index contributed by atoms with van der Waals surface area (Å²) in [6, 6.07) is 26.3. The van der Waals surface area contributed by atoms with Gasteiger partial charge in [0.25, 0.3) is 11.8 Å². The Kier molecular flexibility index (Phi) is 7.98. The highest BCUT2D eigenvalue weighted by Crippen LogP contribution is 2.26. The number of imidazole rings is 1. The Morgan fingerprint density at radius 1 is 0.850 bits per heavy atom. The molecule has 0 bridgehead atoms. The van der Waals surface area contributed by atoms with Gasteiger partial charge in [-0.3, -0.25) is 14.2 Å². The quantitative estimate of drug-likeness (QED) is 0.250. The molecule has 0 spiro atoms. The lowest BCUT2D eigenvalue weighted by atomic mass is 10.1. The summed E-state index contributed by atoms with van der Waals surface area (Å²) in [5.74, 6) is 1.26. The molecule has 2 aromatic heterocycles. The average Bonchev–Trinajstić information content (AvgIpc) is 3.30. The Labute approximate surface area is 233 Å².